The van der Waals surface area contributed by atoms with Crippen LogP contribution in [-0.4, -0.2) is 13.1 Å². The molecule has 0 fully saturated rings. The lowest BCUT2D eigenvalue weighted by molar-refractivity contribution is -0.140. The van der Waals surface area contributed by atoms with Gasteiger partial charge in [0.05, 0.1) is 18.7 Å². The number of carbonyl (C=O) groups excluding carboxylic acids is 1. The van der Waals surface area contributed by atoms with Gasteiger partial charge in [-0.05, 0) is 12.1 Å². The number of hydrogen-bond acceptors (Lipinski definition) is 3. The lowest BCUT2D eigenvalue weighted by Gasteiger charge is -1.87. The highest BCUT2D eigenvalue weighted by atomic mass is 16.5. The molecule has 0 aliphatic rings. The first-order valence-electron chi connectivity index (χ1n) is 4.26. The minimum absolute atomic E-state index is 0.157. The Morgan fingerprint density at radius 1 is 1.43 bits per heavy atom. The first-order valence-corrected chi connectivity index (χ1v) is 4.26. The quantitative estimate of drug-likeness (QED) is 0.639. The van der Waals surface area contributed by atoms with Gasteiger partial charge in [0, 0.05) is 6.42 Å². The number of nitrogens with zero attached hydrogens (tertiary/aromatic N) is 1. The van der Waals surface area contributed by atoms with Crippen LogP contribution < -0.4 is 0 Å². The van der Waals surface area contributed by atoms with Gasteiger partial charge in [0.15, 0.2) is 0 Å². The highest BCUT2D eigenvalue weighted by Gasteiger charge is 1.87. The molecule has 1 aromatic rings. The maximum Gasteiger partial charge on any atom is 0.305 e. The third-order valence-corrected chi connectivity index (χ3v) is 1.42. The van der Waals surface area contributed by atoms with Gasteiger partial charge in [0.25, 0.3) is 0 Å². The highest BCUT2D eigenvalue weighted by molar-refractivity contribution is 5.68. The van der Waals surface area contributed by atoms with Gasteiger partial charge in [0.2, 0.25) is 0 Å². The van der Waals surface area contributed by atoms with Crippen molar-refractivity contribution in [1.82, 2.24) is 0 Å². The monoisotopic (exact) mass is 191 g/mol. The summed E-state index contributed by atoms with van der Waals surface area (Å²) in [7, 11) is 1.38. The molecule has 0 N–H and O–H groups in total. The summed E-state index contributed by atoms with van der Waals surface area (Å²) in [6, 6.07) is 11.2. The number of nitriles is 1. The molecule has 74 valence electrons. The molecule has 0 radical (unpaired) electrons. The fourth-order valence-corrected chi connectivity index (χ4v) is 0.657. The second-order valence-corrected chi connectivity index (χ2v) is 2.41. The van der Waals surface area contributed by atoms with Crippen LogP contribution in [0.3, 0.4) is 0 Å². The zero-order valence-corrected chi connectivity index (χ0v) is 8.36. The number of methoxy groups -OCH3 is 1. The van der Waals surface area contributed by atoms with Crippen LogP contribution in [0.15, 0.2) is 30.3 Å². The summed E-state index contributed by atoms with van der Waals surface area (Å²) in [5, 5.41) is 8.29. The summed E-state index contributed by atoms with van der Waals surface area (Å²) in [6.45, 7) is 1.76. The Balaban J connectivity index is 0.000000255. The SMILES string of the molecule is CCC(=O)OC.N#Cc1ccccc1. The standard InChI is InChI=1S/C7H5N.C4H8O2/c8-6-7-4-2-1-3-5-7;1-3-4(5)6-2/h1-5H;3H2,1-2H3. The summed E-state index contributed by atoms with van der Waals surface area (Å²) < 4.78 is 4.26. The summed E-state index contributed by atoms with van der Waals surface area (Å²) >= 11 is 0. The fraction of sp³-hybridized carbons (Fsp3) is 0.273. The Morgan fingerprint density at radius 2 is 2.00 bits per heavy atom. The lowest BCUT2D eigenvalue weighted by Crippen LogP contribution is -1.94. The van der Waals surface area contributed by atoms with Gasteiger partial charge in [-0.3, -0.25) is 4.79 Å². The normalized spacial score (nSPS) is 7.79. The van der Waals surface area contributed by atoms with E-state index in [1.165, 1.54) is 7.11 Å². The van der Waals surface area contributed by atoms with Gasteiger partial charge >= 0.3 is 5.97 Å². The van der Waals surface area contributed by atoms with Crippen molar-refractivity contribution in [3.05, 3.63) is 35.9 Å². The van der Waals surface area contributed by atoms with Crippen molar-refractivity contribution >= 4 is 5.97 Å². The van der Waals surface area contributed by atoms with E-state index in [0.29, 0.717) is 12.0 Å². The first kappa shape index (κ1) is 12.2. The Labute approximate surface area is 83.9 Å². The minimum Gasteiger partial charge on any atom is -0.469 e. The van der Waals surface area contributed by atoms with Crippen molar-refractivity contribution in [3.63, 3.8) is 0 Å². The average Bonchev–Trinajstić information content (AvgIpc) is 2.30. The van der Waals surface area contributed by atoms with E-state index in [1.54, 1.807) is 19.1 Å². The Bertz CT molecular complexity index is 295. The fourth-order valence-electron chi connectivity index (χ4n) is 0.657. The minimum atomic E-state index is -0.157. The van der Waals surface area contributed by atoms with Crippen molar-refractivity contribution in [2.75, 3.05) is 7.11 Å². The van der Waals surface area contributed by atoms with Crippen LogP contribution in [0, 0.1) is 11.3 Å². The summed E-state index contributed by atoms with van der Waals surface area (Å²) in [6.07, 6.45) is 0.469. The molecule has 0 saturated heterocycles. The molecule has 0 amide bonds. The third kappa shape index (κ3) is 5.78. The summed E-state index contributed by atoms with van der Waals surface area (Å²) in [4.78, 5) is 9.96. The molecule has 0 unspecified atom stereocenters. The van der Waals surface area contributed by atoms with Gasteiger partial charge in [0.1, 0.15) is 0 Å². The first-order chi connectivity index (χ1) is 6.74. The smallest absolute Gasteiger partial charge is 0.305 e. The topological polar surface area (TPSA) is 50.1 Å². The highest BCUT2D eigenvalue weighted by Crippen LogP contribution is 1.93. The number of rotatable bonds is 1. The van der Waals surface area contributed by atoms with Crippen molar-refractivity contribution in [2.45, 2.75) is 13.3 Å². The van der Waals surface area contributed by atoms with Crippen molar-refractivity contribution in [2.24, 2.45) is 0 Å². The van der Waals surface area contributed by atoms with Crippen molar-refractivity contribution < 1.29 is 9.53 Å². The number of benzene rings is 1. The molecule has 14 heavy (non-hydrogen) atoms. The molecule has 0 bridgehead atoms. The molecule has 0 atom stereocenters. The van der Waals surface area contributed by atoms with E-state index < -0.39 is 0 Å². The van der Waals surface area contributed by atoms with E-state index >= 15 is 0 Å². The second-order valence-electron chi connectivity index (χ2n) is 2.41. The Kier molecular flexibility index (Phi) is 6.79. The van der Waals surface area contributed by atoms with Gasteiger partial charge in [-0.15, -0.1) is 0 Å². The summed E-state index contributed by atoms with van der Waals surface area (Å²) in [5.41, 5.74) is 0.715. The maximum absolute atomic E-state index is 9.96. The number of carbonyl (C=O) groups is 1. The molecule has 0 heterocycles. The van der Waals surface area contributed by atoms with Crippen LogP contribution in [0.5, 0.6) is 0 Å². The van der Waals surface area contributed by atoms with Crippen LogP contribution in [-0.2, 0) is 9.53 Å². The number of esters is 1. The van der Waals surface area contributed by atoms with Crippen LogP contribution in [0.2, 0.25) is 0 Å². The molecular formula is C11H13NO2. The largest absolute Gasteiger partial charge is 0.469 e. The zero-order valence-electron chi connectivity index (χ0n) is 8.36. The van der Waals surface area contributed by atoms with Crippen LogP contribution in [0.1, 0.15) is 18.9 Å². The van der Waals surface area contributed by atoms with Gasteiger partial charge < -0.3 is 4.74 Å². The summed E-state index contributed by atoms with van der Waals surface area (Å²) in [5.74, 6) is -0.157. The molecule has 1 aromatic carbocycles. The molecule has 0 spiro atoms. The predicted octanol–water partition coefficient (Wildman–Crippen LogP) is 2.13. The van der Waals surface area contributed by atoms with E-state index in [9.17, 15) is 4.79 Å². The Morgan fingerprint density at radius 3 is 2.21 bits per heavy atom. The molecule has 0 aromatic heterocycles. The van der Waals surface area contributed by atoms with Crippen LogP contribution in [0.4, 0.5) is 0 Å². The van der Waals surface area contributed by atoms with Gasteiger partial charge in [-0.25, -0.2) is 0 Å². The van der Waals surface area contributed by atoms with Crippen molar-refractivity contribution in [1.29, 1.82) is 5.26 Å². The molecular weight excluding hydrogens is 178 g/mol. The molecule has 0 saturated carbocycles. The average molecular weight is 191 g/mol. The van der Waals surface area contributed by atoms with Crippen LogP contribution >= 0.6 is 0 Å². The molecule has 3 heteroatoms. The van der Waals surface area contributed by atoms with E-state index in [1.807, 2.05) is 24.3 Å². The van der Waals surface area contributed by atoms with E-state index in [4.69, 9.17) is 5.26 Å². The van der Waals surface area contributed by atoms with Crippen molar-refractivity contribution in [3.8, 4) is 6.07 Å². The molecule has 0 aliphatic carbocycles. The van der Waals surface area contributed by atoms with E-state index in [0.717, 1.165) is 0 Å². The van der Waals surface area contributed by atoms with E-state index in [-0.39, 0.29) is 5.97 Å². The Hall–Kier alpha value is -1.82. The van der Waals surface area contributed by atoms with Crippen LogP contribution in [0.25, 0.3) is 0 Å². The number of ether oxygens (including phenoxy) is 1. The third-order valence-electron chi connectivity index (χ3n) is 1.42. The predicted molar refractivity (Wildman–Crippen MR) is 53.5 cm³/mol. The number of hydrogen-bond donors (Lipinski definition) is 0. The molecule has 0 aliphatic heterocycles. The van der Waals surface area contributed by atoms with E-state index in [2.05, 4.69) is 4.74 Å². The maximum atomic E-state index is 9.96. The molecule has 3 nitrogen and oxygen atoms in total. The lowest BCUT2D eigenvalue weighted by atomic mass is 10.2. The second kappa shape index (κ2) is 7.81. The molecule has 1 rings (SSSR count). The van der Waals surface area contributed by atoms with Gasteiger partial charge in [-0.1, -0.05) is 25.1 Å². The zero-order chi connectivity index (χ0) is 10.8. The van der Waals surface area contributed by atoms with Gasteiger partial charge in [-0.2, -0.15) is 5.26 Å².